The molecule has 0 radical (unpaired) electrons. The largest absolute Gasteiger partial charge is 0.477 e. The number of allylic oxidation sites excluding steroid dienone is 10. The van der Waals surface area contributed by atoms with Crippen molar-refractivity contribution < 1.29 is 38.2 Å². The lowest BCUT2D eigenvalue weighted by Crippen LogP contribution is -2.50. The van der Waals surface area contributed by atoms with Crippen LogP contribution in [0, 0.1) is 0 Å². The molecule has 0 bridgehead atoms. The Morgan fingerprint density at radius 1 is 0.564 bits per heavy atom. The number of carboxylic acids is 1. The molecule has 0 aromatic heterocycles. The molecule has 2 unspecified atom stereocenters. The van der Waals surface area contributed by atoms with Crippen molar-refractivity contribution >= 4 is 17.9 Å². The maximum atomic E-state index is 12.7. The topological polar surface area (TPSA) is 99.1 Å². The van der Waals surface area contributed by atoms with Gasteiger partial charge in [0, 0.05) is 19.3 Å². The fraction of sp³-hybridized carbons (Fsp3) is 0.723. The lowest BCUT2D eigenvalue weighted by Gasteiger charge is -2.31. The maximum Gasteiger partial charge on any atom is 0.362 e. The van der Waals surface area contributed by atoms with Gasteiger partial charge >= 0.3 is 17.9 Å². The lowest BCUT2D eigenvalue weighted by atomic mass is 10.1. The van der Waals surface area contributed by atoms with E-state index >= 15 is 0 Å². The molecule has 1 N–H and O–H groups in total. The van der Waals surface area contributed by atoms with Gasteiger partial charge < -0.3 is 23.8 Å². The molecular weight excluding hydrogens is 691 g/mol. The molecule has 0 fully saturated rings. The van der Waals surface area contributed by atoms with Crippen molar-refractivity contribution in [2.75, 3.05) is 41.0 Å². The number of aliphatic carboxylic acids is 1. The molecule has 0 aliphatic rings. The highest BCUT2D eigenvalue weighted by molar-refractivity contribution is 5.72. The Balaban J connectivity index is 4.46. The number of hydrogen-bond acceptors (Lipinski definition) is 6. The van der Waals surface area contributed by atoms with Gasteiger partial charge in [0.25, 0.3) is 0 Å². The quantitative estimate of drug-likeness (QED) is 0.0289. The third-order valence-electron chi connectivity index (χ3n) is 9.40. The summed E-state index contributed by atoms with van der Waals surface area (Å²) in [6, 6.07) is -0.626. The summed E-state index contributed by atoms with van der Waals surface area (Å²) < 4.78 is 17.2. The molecule has 0 rings (SSSR count). The summed E-state index contributed by atoms with van der Waals surface area (Å²) in [6.45, 7) is 4.55. The number of hydrogen-bond donors (Lipinski definition) is 1. The van der Waals surface area contributed by atoms with E-state index in [0.29, 0.717) is 19.3 Å². The standard InChI is InChI=1S/C47H81NO7/c1-6-8-10-12-14-16-18-20-22-23-24-26-28-30-32-34-36-38-46(50)55-43(41-53-40-39-44(47(51)52)48(3,4)5)42-54-45(49)37-35-33-31-29-27-25-21-19-17-15-13-11-9-7-2/h9,11,15,17,20,22,24,26,30,32,43-44H,6-8,10,12-14,16,18-19,21,23,25,27-29,31,33-42H2,1-5H3/p+1/b11-9+,17-15+,22-20+,26-24+,32-30+. The average molecular weight is 773 g/mol. The highest BCUT2D eigenvalue weighted by Crippen LogP contribution is 2.13. The predicted octanol–water partition coefficient (Wildman–Crippen LogP) is 11.8. The summed E-state index contributed by atoms with van der Waals surface area (Å²) in [5, 5.41) is 9.61. The van der Waals surface area contributed by atoms with Crippen LogP contribution in [0.2, 0.25) is 0 Å². The highest BCUT2D eigenvalue weighted by atomic mass is 16.6. The first-order valence-corrected chi connectivity index (χ1v) is 21.8. The third kappa shape index (κ3) is 36.4. The summed E-state index contributed by atoms with van der Waals surface area (Å²) in [5.74, 6) is -1.55. The Morgan fingerprint density at radius 3 is 1.56 bits per heavy atom. The van der Waals surface area contributed by atoms with E-state index in [2.05, 4.69) is 74.6 Å². The molecule has 0 aliphatic carbocycles. The highest BCUT2D eigenvalue weighted by Gasteiger charge is 2.31. The van der Waals surface area contributed by atoms with E-state index in [1.807, 2.05) is 21.1 Å². The van der Waals surface area contributed by atoms with Gasteiger partial charge in [0.15, 0.2) is 12.1 Å². The summed E-state index contributed by atoms with van der Waals surface area (Å²) in [7, 11) is 5.50. The van der Waals surface area contributed by atoms with Crippen LogP contribution in [0.1, 0.15) is 168 Å². The van der Waals surface area contributed by atoms with Gasteiger partial charge in [-0.05, 0) is 70.6 Å². The van der Waals surface area contributed by atoms with Crippen LogP contribution in [0.4, 0.5) is 0 Å². The fourth-order valence-corrected chi connectivity index (χ4v) is 6.03. The molecular formula is C47H82NO7+. The minimum atomic E-state index is -0.886. The Hall–Kier alpha value is -2.97. The van der Waals surface area contributed by atoms with E-state index in [9.17, 15) is 19.5 Å². The number of carbonyl (C=O) groups excluding carboxylic acids is 2. The molecule has 0 amide bonds. The van der Waals surface area contributed by atoms with Crippen molar-refractivity contribution in [2.45, 2.75) is 180 Å². The molecule has 8 nitrogen and oxygen atoms in total. The molecule has 0 aromatic carbocycles. The molecule has 0 saturated carbocycles. The van der Waals surface area contributed by atoms with Gasteiger partial charge in [-0.2, -0.15) is 0 Å². The van der Waals surface area contributed by atoms with Crippen molar-refractivity contribution in [1.29, 1.82) is 0 Å². The second kappa shape index (κ2) is 37.9. The Bertz CT molecular complexity index is 1090. The van der Waals surface area contributed by atoms with Crippen molar-refractivity contribution in [3.8, 4) is 0 Å². The number of rotatable bonds is 38. The van der Waals surface area contributed by atoms with Gasteiger partial charge in [-0.25, -0.2) is 4.79 Å². The van der Waals surface area contributed by atoms with Gasteiger partial charge in [-0.3, -0.25) is 9.59 Å². The summed E-state index contributed by atoms with van der Waals surface area (Å²) >= 11 is 0. The van der Waals surface area contributed by atoms with Crippen LogP contribution >= 0.6 is 0 Å². The minimum absolute atomic E-state index is 0.0364. The van der Waals surface area contributed by atoms with Crippen LogP contribution in [0.15, 0.2) is 60.8 Å². The number of esters is 2. The Kier molecular flexibility index (Phi) is 35.9. The van der Waals surface area contributed by atoms with E-state index in [4.69, 9.17) is 14.2 Å². The van der Waals surface area contributed by atoms with Crippen molar-refractivity contribution in [1.82, 2.24) is 0 Å². The van der Waals surface area contributed by atoms with Gasteiger partial charge in [-0.1, -0.05) is 139 Å². The van der Waals surface area contributed by atoms with Crippen molar-refractivity contribution in [3.63, 3.8) is 0 Å². The molecule has 55 heavy (non-hydrogen) atoms. The molecule has 2 atom stereocenters. The monoisotopic (exact) mass is 773 g/mol. The molecule has 0 aromatic rings. The lowest BCUT2D eigenvalue weighted by molar-refractivity contribution is -0.887. The fourth-order valence-electron chi connectivity index (χ4n) is 6.03. The second-order valence-corrected chi connectivity index (χ2v) is 15.6. The second-order valence-electron chi connectivity index (χ2n) is 15.6. The zero-order valence-electron chi connectivity index (χ0n) is 35.9. The molecule has 8 heteroatoms. The number of unbranched alkanes of at least 4 members (excludes halogenated alkanes) is 14. The zero-order chi connectivity index (χ0) is 40.7. The average Bonchev–Trinajstić information content (AvgIpc) is 3.14. The Morgan fingerprint density at radius 2 is 1.04 bits per heavy atom. The van der Waals surface area contributed by atoms with Crippen LogP contribution in [0.3, 0.4) is 0 Å². The normalized spacial score (nSPS) is 13.5. The number of likely N-dealkylation sites (N-methyl/N-ethyl adjacent to an activating group) is 1. The van der Waals surface area contributed by atoms with Gasteiger partial charge in [0.05, 0.1) is 34.4 Å². The van der Waals surface area contributed by atoms with Crippen LogP contribution in [0.25, 0.3) is 0 Å². The van der Waals surface area contributed by atoms with Gasteiger partial charge in [0.1, 0.15) is 6.61 Å². The van der Waals surface area contributed by atoms with Gasteiger partial charge in [0.2, 0.25) is 0 Å². The van der Waals surface area contributed by atoms with Crippen LogP contribution in [0.5, 0.6) is 0 Å². The van der Waals surface area contributed by atoms with E-state index in [1.54, 1.807) is 0 Å². The summed E-state index contributed by atoms with van der Waals surface area (Å²) in [4.78, 5) is 36.9. The Labute approximate surface area is 337 Å². The third-order valence-corrected chi connectivity index (χ3v) is 9.40. The molecule has 0 saturated heterocycles. The first-order chi connectivity index (χ1) is 26.6. The molecule has 316 valence electrons. The van der Waals surface area contributed by atoms with E-state index in [1.165, 1.54) is 70.6 Å². The zero-order valence-corrected chi connectivity index (χ0v) is 35.9. The van der Waals surface area contributed by atoms with E-state index in [0.717, 1.165) is 57.8 Å². The smallest absolute Gasteiger partial charge is 0.362 e. The SMILES string of the molecule is CC/C=C/C/C=C/CCCCCCCCCC(=O)OCC(COCCC(C(=O)O)[N+](C)(C)C)OC(=O)CCC/C=C/C/C=C/C/C=C/CCCCCCCC. The van der Waals surface area contributed by atoms with Gasteiger partial charge in [-0.15, -0.1) is 0 Å². The van der Waals surface area contributed by atoms with E-state index < -0.39 is 18.1 Å². The number of ether oxygens (including phenoxy) is 3. The maximum absolute atomic E-state index is 12.7. The van der Waals surface area contributed by atoms with E-state index in [-0.39, 0.29) is 42.7 Å². The number of carboxylic acid groups (broad SMARTS) is 1. The summed E-state index contributed by atoms with van der Waals surface area (Å²) in [5.41, 5.74) is 0. The molecule has 0 aliphatic heterocycles. The van der Waals surface area contributed by atoms with Crippen LogP contribution in [-0.4, -0.2) is 80.6 Å². The first kappa shape index (κ1) is 52.0. The summed E-state index contributed by atoms with van der Waals surface area (Å²) in [6.07, 6.45) is 45.6. The van der Waals surface area contributed by atoms with Crippen LogP contribution in [-0.2, 0) is 28.6 Å². The van der Waals surface area contributed by atoms with Crippen molar-refractivity contribution in [2.24, 2.45) is 0 Å². The minimum Gasteiger partial charge on any atom is -0.477 e. The first-order valence-electron chi connectivity index (χ1n) is 21.8. The number of carbonyl (C=O) groups is 3. The number of nitrogens with zero attached hydrogens (tertiary/aromatic N) is 1. The predicted molar refractivity (Wildman–Crippen MR) is 229 cm³/mol. The molecule has 0 spiro atoms. The number of quaternary nitrogens is 1. The van der Waals surface area contributed by atoms with Crippen molar-refractivity contribution in [3.05, 3.63) is 60.8 Å². The van der Waals surface area contributed by atoms with Crippen LogP contribution < -0.4 is 0 Å². The molecule has 0 heterocycles.